The maximum atomic E-state index is 13.4. The zero-order valence-electron chi connectivity index (χ0n) is 18.1. The summed E-state index contributed by atoms with van der Waals surface area (Å²) in [5.41, 5.74) is 2.48. The van der Waals surface area contributed by atoms with Crippen molar-refractivity contribution in [3.63, 3.8) is 0 Å². The minimum Gasteiger partial charge on any atom is -0.351 e. The van der Waals surface area contributed by atoms with E-state index in [2.05, 4.69) is 37.7 Å². The second kappa shape index (κ2) is 9.24. The molecule has 1 aromatic heterocycles. The third-order valence-electron chi connectivity index (χ3n) is 5.63. The van der Waals surface area contributed by atoms with Crippen molar-refractivity contribution in [2.45, 2.75) is 64.0 Å². The van der Waals surface area contributed by atoms with Crippen molar-refractivity contribution >= 4 is 17.5 Å². The molecule has 0 aliphatic heterocycles. The first kappa shape index (κ1) is 21.8. The molecule has 1 fully saturated rings. The number of amides is 2. The van der Waals surface area contributed by atoms with Crippen molar-refractivity contribution in [3.05, 3.63) is 72.6 Å². The Kier molecular flexibility index (Phi) is 6.70. The van der Waals surface area contributed by atoms with Crippen molar-refractivity contribution in [3.8, 4) is 0 Å². The number of aromatic nitrogens is 1. The molecule has 1 N–H and O–H groups in total. The zero-order chi connectivity index (χ0) is 21.7. The summed E-state index contributed by atoms with van der Waals surface area (Å²) in [4.78, 5) is 32.1. The van der Waals surface area contributed by atoms with E-state index in [0.29, 0.717) is 11.3 Å². The third kappa shape index (κ3) is 4.96. The molecule has 1 atom stereocenters. The van der Waals surface area contributed by atoms with Crippen LogP contribution in [0, 0.1) is 0 Å². The Hall–Kier alpha value is -2.95. The van der Waals surface area contributed by atoms with E-state index in [0.717, 1.165) is 31.2 Å². The highest BCUT2D eigenvalue weighted by atomic mass is 16.2. The van der Waals surface area contributed by atoms with Crippen LogP contribution in [0.5, 0.6) is 0 Å². The van der Waals surface area contributed by atoms with Crippen LogP contribution in [0.15, 0.2) is 61.4 Å². The molecule has 5 heteroatoms. The Morgan fingerprint density at radius 3 is 2.37 bits per heavy atom. The van der Waals surface area contributed by atoms with Crippen molar-refractivity contribution in [1.29, 1.82) is 0 Å². The van der Waals surface area contributed by atoms with Gasteiger partial charge in [-0.05, 0) is 48.1 Å². The molecule has 2 aromatic rings. The molecule has 30 heavy (non-hydrogen) atoms. The second-order valence-electron chi connectivity index (χ2n) is 8.89. The molecule has 2 amide bonds. The van der Waals surface area contributed by atoms with Gasteiger partial charge < -0.3 is 5.32 Å². The van der Waals surface area contributed by atoms with E-state index in [1.54, 1.807) is 18.5 Å². The fraction of sp³-hybridized carbons (Fsp3) is 0.400. The SMILES string of the molecule is C=CC(=O)N(c1ccc(C(C)(C)C)cc1)C(C(=O)NC1CCCC1)c1cccnc1. The first-order valence-electron chi connectivity index (χ1n) is 10.6. The van der Waals surface area contributed by atoms with Gasteiger partial charge >= 0.3 is 0 Å². The van der Waals surface area contributed by atoms with Crippen LogP contribution in [0.2, 0.25) is 0 Å². The van der Waals surface area contributed by atoms with Gasteiger partial charge in [-0.3, -0.25) is 19.5 Å². The molecule has 3 rings (SSSR count). The summed E-state index contributed by atoms with van der Waals surface area (Å²) in [5, 5.41) is 3.15. The van der Waals surface area contributed by atoms with Gasteiger partial charge in [0.2, 0.25) is 5.91 Å². The fourth-order valence-corrected chi connectivity index (χ4v) is 3.93. The maximum absolute atomic E-state index is 13.4. The number of benzene rings is 1. The van der Waals surface area contributed by atoms with E-state index < -0.39 is 6.04 Å². The van der Waals surface area contributed by atoms with Crippen LogP contribution in [0.4, 0.5) is 5.69 Å². The molecular weight excluding hydrogens is 374 g/mol. The predicted molar refractivity (Wildman–Crippen MR) is 120 cm³/mol. The molecule has 5 nitrogen and oxygen atoms in total. The summed E-state index contributed by atoms with van der Waals surface area (Å²) >= 11 is 0. The molecule has 1 aliphatic rings. The zero-order valence-corrected chi connectivity index (χ0v) is 18.1. The Morgan fingerprint density at radius 2 is 1.83 bits per heavy atom. The number of nitrogens with zero attached hydrogens (tertiary/aromatic N) is 2. The Labute approximate surface area is 179 Å². The van der Waals surface area contributed by atoms with Gasteiger partial charge in [-0.1, -0.05) is 58.4 Å². The average Bonchev–Trinajstić information content (AvgIpc) is 3.24. The first-order valence-corrected chi connectivity index (χ1v) is 10.6. The van der Waals surface area contributed by atoms with Crippen LogP contribution < -0.4 is 10.2 Å². The average molecular weight is 406 g/mol. The van der Waals surface area contributed by atoms with Crippen LogP contribution >= 0.6 is 0 Å². The van der Waals surface area contributed by atoms with Gasteiger partial charge in [-0.15, -0.1) is 0 Å². The summed E-state index contributed by atoms with van der Waals surface area (Å²) in [6.45, 7) is 10.1. The highest BCUT2D eigenvalue weighted by Gasteiger charge is 2.33. The fourth-order valence-electron chi connectivity index (χ4n) is 3.93. The number of carbonyl (C=O) groups excluding carboxylic acids is 2. The highest BCUT2D eigenvalue weighted by Crippen LogP contribution is 2.31. The predicted octanol–water partition coefficient (Wildman–Crippen LogP) is 4.70. The number of nitrogens with one attached hydrogen (secondary N) is 1. The normalized spacial score (nSPS) is 15.4. The molecule has 1 heterocycles. The summed E-state index contributed by atoms with van der Waals surface area (Å²) in [6.07, 6.45) is 8.74. The Bertz CT molecular complexity index is 879. The van der Waals surface area contributed by atoms with Gasteiger partial charge in [0.15, 0.2) is 0 Å². The molecule has 0 bridgehead atoms. The van der Waals surface area contributed by atoms with E-state index >= 15 is 0 Å². The molecule has 1 aliphatic carbocycles. The Balaban J connectivity index is 2.02. The van der Waals surface area contributed by atoms with Crippen LogP contribution in [0.1, 0.15) is 63.6 Å². The number of hydrogen-bond donors (Lipinski definition) is 1. The van der Waals surface area contributed by atoms with Gasteiger partial charge in [0, 0.05) is 29.7 Å². The number of carbonyl (C=O) groups is 2. The molecule has 1 saturated carbocycles. The van der Waals surface area contributed by atoms with Crippen molar-refractivity contribution in [2.75, 3.05) is 4.90 Å². The van der Waals surface area contributed by atoms with Gasteiger partial charge in [-0.2, -0.15) is 0 Å². The lowest BCUT2D eigenvalue weighted by Gasteiger charge is -2.32. The molecular formula is C25H31N3O2. The third-order valence-corrected chi connectivity index (χ3v) is 5.63. The first-order chi connectivity index (χ1) is 14.3. The van der Waals surface area contributed by atoms with E-state index in [9.17, 15) is 9.59 Å². The number of anilines is 1. The standard InChI is InChI=1S/C25H31N3O2/c1-5-22(29)28(21-14-12-19(13-15-21)25(2,3)4)23(18-9-8-16-26-17-18)24(30)27-20-10-6-7-11-20/h5,8-9,12-17,20,23H,1,6-7,10-11H2,2-4H3,(H,27,30). The summed E-state index contributed by atoms with van der Waals surface area (Å²) in [7, 11) is 0. The topological polar surface area (TPSA) is 62.3 Å². The molecule has 158 valence electrons. The lowest BCUT2D eigenvalue weighted by Crippen LogP contribution is -2.46. The highest BCUT2D eigenvalue weighted by molar-refractivity contribution is 6.06. The second-order valence-corrected chi connectivity index (χ2v) is 8.89. The quantitative estimate of drug-likeness (QED) is 0.709. The van der Waals surface area contributed by atoms with Crippen LogP contribution in [-0.2, 0) is 15.0 Å². The number of pyridine rings is 1. The summed E-state index contributed by atoms with van der Waals surface area (Å²) < 4.78 is 0. The van der Waals surface area contributed by atoms with Crippen LogP contribution in [-0.4, -0.2) is 22.8 Å². The van der Waals surface area contributed by atoms with Crippen LogP contribution in [0.3, 0.4) is 0 Å². The van der Waals surface area contributed by atoms with Gasteiger partial charge in [0.1, 0.15) is 6.04 Å². The minimum atomic E-state index is -0.815. The molecule has 0 spiro atoms. The van der Waals surface area contributed by atoms with Crippen molar-refractivity contribution in [1.82, 2.24) is 10.3 Å². The minimum absolute atomic E-state index is 0.00555. The largest absolute Gasteiger partial charge is 0.351 e. The number of hydrogen-bond acceptors (Lipinski definition) is 3. The van der Waals surface area contributed by atoms with Crippen LogP contribution in [0.25, 0.3) is 0 Å². The van der Waals surface area contributed by atoms with E-state index in [4.69, 9.17) is 0 Å². The van der Waals surface area contributed by atoms with Gasteiger partial charge in [0.05, 0.1) is 0 Å². The lowest BCUT2D eigenvalue weighted by molar-refractivity contribution is -0.125. The molecule has 1 unspecified atom stereocenters. The summed E-state index contributed by atoms with van der Waals surface area (Å²) in [5.74, 6) is -0.515. The summed E-state index contributed by atoms with van der Waals surface area (Å²) in [6, 6.07) is 10.8. The van der Waals surface area contributed by atoms with E-state index in [1.807, 2.05) is 30.3 Å². The smallest absolute Gasteiger partial charge is 0.251 e. The van der Waals surface area contributed by atoms with E-state index in [-0.39, 0.29) is 23.3 Å². The van der Waals surface area contributed by atoms with Crippen molar-refractivity contribution < 1.29 is 9.59 Å². The van der Waals surface area contributed by atoms with E-state index in [1.165, 1.54) is 11.0 Å². The van der Waals surface area contributed by atoms with Crippen molar-refractivity contribution in [2.24, 2.45) is 0 Å². The maximum Gasteiger partial charge on any atom is 0.251 e. The lowest BCUT2D eigenvalue weighted by atomic mass is 9.87. The molecule has 0 radical (unpaired) electrons. The molecule has 0 saturated heterocycles. The number of rotatable bonds is 6. The Morgan fingerprint density at radius 1 is 1.17 bits per heavy atom. The van der Waals surface area contributed by atoms with Gasteiger partial charge in [-0.25, -0.2) is 0 Å². The monoisotopic (exact) mass is 405 g/mol. The van der Waals surface area contributed by atoms with Gasteiger partial charge in [0.25, 0.3) is 5.91 Å². The molecule has 1 aromatic carbocycles.